The Kier molecular flexibility index (Phi) is 4.39. The average molecular weight is 369 g/mol. The molecule has 0 saturated carbocycles. The maximum atomic E-state index is 13.4. The van der Waals surface area contributed by atoms with Gasteiger partial charge in [-0.2, -0.15) is 0 Å². The zero-order valence-electron chi connectivity index (χ0n) is 15.4. The summed E-state index contributed by atoms with van der Waals surface area (Å²) >= 11 is 0. The Bertz CT molecular complexity index is 904. The van der Waals surface area contributed by atoms with Gasteiger partial charge >= 0.3 is 5.97 Å². The zero-order valence-corrected chi connectivity index (χ0v) is 15.4. The number of carbonyl (C=O) groups excluding carboxylic acids is 1. The lowest BCUT2D eigenvalue weighted by molar-refractivity contribution is -0.151. The molecule has 27 heavy (non-hydrogen) atoms. The zero-order chi connectivity index (χ0) is 19.2. The summed E-state index contributed by atoms with van der Waals surface area (Å²) in [6.07, 6.45) is 6.70. The first-order chi connectivity index (χ1) is 12.9. The minimum absolute atomic E-state index is 0.0983. The van der Waals surface area contributed by atoms with Crippen molar-refractivity contribution in [3.05, 3.63) is 58.7 Å². The summed E-state index contributed by atoms with van der Waals surface area (Å²) in [5, 5.41) is 0. The van der Waals surface area contributed by atoms with Gasteiger partial charge in [-0.15, -0.1) is 0 Å². The molecule has 0 spiro atoms. The minimum atomic E-state index is -0.754. The molecule has 4 rings (SSSR count). The SMILES string of the molecule is C[C@H]1C=C(C#Cc2cc(F)cc(F)c2)C2=CC(=O)O[C@]2(C)[C@H]2CCCCN12. The summed E-state index contributed by atoms with van der Waals surface area (Å²) in [5.41, 5.74) is 0.958. The Labute approximate surface area is 157 Å². The molecule has 1 fully saturated rings. The van der Waals surface area contributed by atoms with E-state index in [0.29, 0.717) is 5.57 Å². The molecule has 0 aromatic heterocycles. The number of benzene rings is 1. The summed E-state index contributed by atoms with van der Waals surface area (Å²) in [6.45, 7) is 5.00. The molecule has 0 aliphatic carbocycles. The molecule has 0 radical (unpaired) electrons. The molecule has 0 bridgehead atoms. The normalized spacial score (nSPS) is 30.1. The lowest BCUT2D eigenvalue weighted by atomic mass is 9.81. The van der Waals surface area contributed by atoms with Crippen molar-refractivity contribution < 1.29 is 18.3 Å². The van der Waals surface area contributed by atoms with Gasteiger partial charge in [0.25, 0.3) is 0 Å². The number of nitrogens with zero attached hydrogens (tertiary/aromatic N) is 1. The number of piperidine rings is 1. The van der Waals surface area contributed by atoms with Gasteiger partial charge in [-0.3, -0.25) is 4.90 Å². The molecule has 3 aliphatic rings. The van der Waals surface area contributed by atoms with E-state index in [2.05, 4.69) is 23.7 Å². The van der Waals surface area contributed by atoms with Crippen LogP contribution in [0.15, 0.2) is 41.5 Å². The van der Waals surface area contributed by atoms with Crippen LogP contribution in [0.3, 0.4) is 0 Å². The molecule has 0 unspecified atom stereocenters. The second kappa shape index (κ2) is 6.61. The number of ether oxygens (including phenoxy) is 1. The van der Waals surface area contributed by atoms with Crippen molar-refractivity contribution >= 4 is 5.97 Å². The van der Waals surface area contributed by atoms with Gasteiger partial charge in [-0.05, 0) is 45.4 Å². The lowest BCUT2D eigenvalue weighted by Crippen LogP contribution is -2.55. The number of fused-ring (bicyclic) bond motifs is 3. The van der Waals surface area contributed by atoms with Crippen LogP contribution in [0.4, 0.5) is 8.78 Å². The Hall–Kier alpha value is -2.45. The van der Waals surface area contributed by atoms with Crippen molar-refractivity contribution in [3.8, 4) is 11.8 Å². The van der Waals surface area contributed by atoms with Crippen LogP contribution in [0.5, 0.6) is 0 Å². The third kappa shape index (κ3) is 3.19. The fourth-order valence-electron chi connectivity index (χ4n) is 4.48. The van der Waals surface area contributed by atoms with Gasteiger partial charge < -0.3 is 4.74 Å². The molecule has 5 heteroatoms. The van der Waals surface area contributed by atoms with Gasteiger partial charge in [0.05, 0.1) is 6.04 Å². The Morgan fingerprint density at radius 3 is 2.67 bits per heavy atom. The molecule has 3 heterocycles. The molecule has 3 atom stereocenters. The van der Waals surface area contributed by atoms with Crippen molar-refractivity contribution in [1.29, 1.82) is 0 Å². The van der Waals surface area contributed by atoms with E-state index in [0.717, 1.165) is 37.4 Å². The summed E-state index contributed by atoms with van der Waals surface area (Å²) in [4.78, 5) is 14.5. The number of hydrogen-bond donors (Lipinski definition) is 0. The highest BCUT2D eigenvalue weighted by molar-refractivity contribution is 5.89. The van der Waals surface area contributed by atoms with Gasteiger partial charge in [-0.25, -0.2) is 13.6 Å². The van der Waals surface area contributed by atoms with E-state index in [-0.39, 0.29) is 23.6 Å². The van der Waals surface area contributed by atoms with E-state index >= 15 is 0 Å². The summed E-state index contributed by atoms with van der Waals surface area (Å²) < 4.78 is 32.7. The number of halogens is 2. The third-order valence-corrected chi connectivity index (χ3v) is 5.71. The van der Waals surface area contributed by atoms with Gasteiger partial charge in [0.15, 0.2) is 5.60 Å². The lowest BCUT2D eigenvalue weighted by Gasteiger charge is -2.45. The van der Waals surface area contributed by atoms with Gasteiger partial charge in [0.1, 0.15) is 11.6 Å². The minimum Gasteiger partial charge on any atom is -0.450 e. The van der Waals surface area contributed by atoms with Gasteiger partial charge in [0.2, 0.25) is 0 Å². The first-order valence-corrected chi connectivity index (χ1v) is 9.28. The Balaban J connectivity index is 1.79. The van der Waals surface area contributed by atoms with E-state index in [1.165, 1.54) is 18.2 Å². The third-order valence-electron chi connectivity index (χ3n) is 5.71. The second-order valence-electron chi connectivity index (χ2n) is 7.56. The smallest absolute Gasteiger partial charge is 0.332 e. The van der Waals surface area contributed by atoms with Crippen LogP contribution in [-0.4, -0.2) is 35.1 Å². The Morgan fingerprint density at radius 1 is 1.19 bits per heavy atom. The van der Waals surface area contributed by atoms with Crippen LogP contribution in [0.2, 0.25) is 0 Å². The highest BCUT2D eigenvalue weighted by Gasteiger charge is 2.51. The number of esters is 1. The first-order valence-electron chi connectivity index (χ1n) is 9.28. The van der Waals surface area contributed by atoms with E-state index in [9.17, 15) is 13.6 Å². The Morgan fingerprint density at radius 2 is 1.93 bits per heavy atom. The molecule has 3 nitrogen and oxygen atoms in total. The summed E-state index contributed by atoms with van der Waals surface area (Å²) in [7, 11) is 0. The number of rotatable bonds is 0. The quantitative estimate of drug-likeness (QED) is 0.515. The van der Waals surface area contributed by atoms with E-state index in [1.54, 1.807) is 0 Å². The van der Waals surface area contributed by atoms with Crippen molar-refractivity contribution in [2.24, 2.45) is 0 Å². The summed E-state index contributed by atoms with van der Waals surface area (Å²) in [5.74, 6) is 4.19. The first kappa shape index (κ1) is 17.9. The predicted molar refractivity (Wildman–Crippen MR) is 97.7 cm³/mol. The van der Waals surface area contributed by atoms with Crippen molar-refractivity contribution in [1.82, 2.24) is 4.90 Å². The van der Waals surface area contributed by atoms with Crippen LogP contribution in [-0.2, 0) is 9.53 Å². The van der Waals surface area contributed by atoms with Crippen LogP contribution < -0.4 is 0 Å². The molecule has 0 N–H and O–H groups in total. The molecule has 1 aromatic carbocycles. The van der Waals surface area contributed by atoms with Crippen molar-refractivity contribution in [2.75, 3.05) is 6.54 Å². The van der Waals surface area contributed by atoms with Crippen LogP contribution in [0.25, 0.3) is 0 Å². The molecule has 3 aliphatic heterocycles. The maximum Gasteiger partial charge on any atom is 0.332 e. The van der Waals surface area contributed by atoms with Crippen LogP contribution in [0, 0.1) is 23.5 Å². The fourth-order valence-corrected chi connectivity index (χ4v) is 4.48. The van der Waals surface area contributed by atoms with E-state index < -0.39 is 17.2 Å². The monoisotopic (exact) mass is 369 g/mol. The molecule has 0 amide bonds. The predicted octanol–water partition coefficient (Wildman–Crippen LogP) is 3.74. The molecular formula is C22H21F2NO2. The van der Waals surface area contributed by atoms with Crippen molar-refractivity contribution in [2.45, 2.75) is 50.8 Å². The second-order valence-corrected chi connectivity index (χ2v) is 7.56. The van der Waals surface area contributed by atoms with Gasteiger partial charge in [-0.1, -0.05) is 24.3 Å². The van der Waals surface area contributed by atoms with Crippen LogP contribution >= 0.6 is 0 Å². The highest BCUT2D eigenvalue weighted by Crippen LogP contribution is 2.44. The average Bonchev–Trinajstić information content (AvgIpc) is 2.89. The largest absolute Gasteiger partial charge is 0.450 e. The molecule has 140 valence electrons. The number of carbonyl (C=O) groups is 1. The molecular weight excluding hydrogens is 348 g/mol. The van der Waals surface area contributed by atoms with Crippen molar-refractivity contribution in [3.63, 3.8) is 0 Å². The highest BCUT2D eigenvalue weighted by atomic mass is 19.1. The fraction of sp³-hybridized carbons (Fsp3) is 0.409. The molecule has 1 saturated heterocycles. The summed E-state index contributed by atoms with van der Waals surface area (Å²) in [6, 6.07) is 3.44. The standard InChI is InChI=1S/C22H21F2NO2/c1-14-9-16(7-6-15-10-17(23)12-18(24)11-15)19-13-21(26)27-22(19,2)20-5-3-4-8-25(14)20/h9-14,20H,3-5,8H2,1-2H3/t14-,20+,22-/m0/s1. The van der Waals surface area contributed by atoms with E-state index in [4.69, 9.17) is 4.74 Å². The number of hydrogen-bond acceptors (Lipinski definition) is 3. The molecule has 1 aromatic rings. The topological polar surface area (TPSA) is 29.5 Å². The maximum absolute atomic E-state index is 13.4. The van der Waals surface area contributed by atoms with Crippen LogP contribution in [0.1, 0.15) is 38.7 Å². The van der Waals surface area contributed by atoms with E-state index in [1.807, 2.05) is 13.0 Å². The van der Waals surface area contributed by atoms with Gasteiger partial charge in [0, 0.05) is 34.9 Å².